The van der Waals surface area contributed by atoms with Gasteiger partial charge in [-0.15, -0.1) is 11.3 Å². The van der Waals surface area contributed by atoms with Gasteiger partial charge >= 0.3 is 0 Å². The fourth-order valence-electron chi connectivity index (χ4n) is 11.3. The summed E-state index contributed by atoms with van der Waals surface area (Å²) in [6, 6.07) is 69.5. The quantitative estimate of drug-likeness (QED) is 0.178. The Morgan fingerprint density at radius 1 is 0.387 bits per heavy atom. The molecule has 4 heterocycles. The van der Waals surface area contributed by atoms with Crippen LogP contribution >= 0.6 is 11.3 Å². The van der Waals surface area contributed by atoms with E-state index in [9.17, 15) is 0 Å². The number of nitrogens with zero attached hydrogens (tertiary/aromatic N) is 1. The molecule has 2 aliphatic rings. The lowest BCUT2D eigenvalue weighted by molar-refractivity contribution is 0.629. The minimum absolute atomic E-state index is 0.327. The lowest BCUT2D eigenvalue weighted by Gasteiger charge is -2.42. The molecule has 0 amide bonds. The Labute approximate surface area is 361 Å². The van der Waals surface area contributed by atoms with Crippen LogP contribution in [0.15, 0.2) is 197 Å². The van der Waals surface area contributed by atoms with Crippen molar-refractivity contribution in [3.8, 4) is 11.1 Å². The minimum Gasteiger partial charge on any atom is -0.456 e. The molecule has 1 aliphatic heterocycles. The summed E-state index contributed by atoms with van der Waals surface area (Å²) in [5.74, 6) is 0. The molecule has 12 aromatic rings. The average Bonchev–Trinajstić information content (AvgIpc) is 4.06. The second-order valence-corrected chi connectivity index (χ2v) is 18.7. The summed E-state index contributed by atoms with van der Waals surface area (Å²) < 4.78 is 15.8. The maximum absolute atomic E-state index is 6.59. The summed E-state index contributed by atoms with van der Waals surface area (Å²) in [4.78, 5) is 2.44. The van der Waals surface area contributed by atoms with E-state index >= 15 is 0 Å². The topological polar surface area (TPSA) is 29.5 Å². The zero-order valence-corrected chi connectivity index (χ0v) is 34.9. The molecule has 1 aliphatic carbocycles. The first-order valence-electron chi connectivity index (χ1n) is 21.4. The number of para-hydroxylation sites is 2. The van der Waals surface area contributed by atoms with Crippen molar-refractivity contribution in [3.05, 3.63) is 221 Å². The molecule has 4 heteroatoms. The molecule has 0 bridgehead atoms. The van der Waals surface area contributed by atoms with Crippen LogP contribution in [0.5, 0.6) is 0 Å². The second-order valence-electron chi connectivity index (χ2n) is 17.6. The van der Waals surface area contributed by atoms with E-state index < -0.39 is 5.41 Å². The number of furan rings is 2. The molecule has 0 saturated heterocycles. The van der Waals surface area contributed by atoms with Crippen LogP contribution in [0, 0.1) is 0 Å². The molecule has 0 spiro atoms. The van der Waals surface area contributed by atoms with Crippen LogP contribution in [-0.4, -0.2) is 0 Å². The number of anilines is 3. The van der Waals surface area contributed by atoms with Gasteiger partial charge in [-0.05, 0) is 93.0 Å². The zero-order chi connectivity index (χ0) is 40.9. The molecule has 3 aromatic heterocycles. The van der Waals surface area contributed by atoms with Gasteiger partial charge in [0.2, 0.25) is 0 Å². The van der Waals surface area contributed by atoms with E-state index in [0.29, 0.717) is 0 Å². The molecule has 62 heavy (non-hydrogen) atoms. The third-order valence-corrected chi connectivity index (χ3v) is 15.3. The van der Waals surface area contributed by atoms with Crippen molar-refractivity contribution in [1.82, 2.24) is 0 Å². The number of thiophene rings is 1. The van der Waals surface area contributed by atoms with Crippen molar-refractivity contribution in [2.45, 2.75) is 24.7 Å². The van der Waals surface area contributed by atoms with E-state index in [1.807, 2.05) is 23.5 Å². The summed E-state index contributed by atoms with van der Waals surface area (Å²) in [7, 11) is 0. The lowest BCUT2D eigenvalue weighted by atomic mass is 9.67. The van der Waals surface area contributed by atoms with Gasteiger partial charge in [-0.25, -0.2) is 0 Å². The van der Waals surface area contributed by atoms with Gasteiger partial charge in [0.15, 0.2) is 0 Å². The smallest absolute Gasteiger partial charge is 0.137 e. The van der Waals surface area contributed by atoms with Gasteiger partial charge < -0.3 is 13.7 Å². The third-order valence-electron chi connectivity index (χ3n) is 14.1. The molecule has 9 aromatic carbocycles. The van der Waals surface area contributed by atoms with Crippen LogP contribution in [0.1, 0.15) is 47.2 Å². The summed E-state index contributed by atoms with van der Waals surface area (Å²) in [5, 5.41) is 7.16. The van der Waals surface area contributed by atoms with E-state index in [-0.39, 0.29) is 5.41 Å². The molecular weight excluding hydrogens is 775 g/mol. The Kier molecular flexibility index (Phi) is 6.71. The highest BCUT2D eigenvalue weighted by atomic mass is 32.1. The van der Waals surface area contributed by atoms with Crippen molar-refractivity contribution in [3.63, 3.8) is 0 Å². The lowest BCUT2D eigenvalue weighted by Crippen LogP contribution is -2.31. The van der Waals surface area contributed by atoms with Crippen molar-refractivity contribution in [1.29, 1.82) is 0 Å². The van der Waals surface area contributed by atoms with Crippen LogP contribution in [0.25, 0.3) is 75.2 Å². The zero-order valence-electron chi connectivity index (χ0n) is 34.1. The van der Waals surface area contributed by atoms with Gasteiger partial charge in [0.05, 0.1) is 16.8 Å². The SMILES string of the molecule is CC1(C)c2cc3c(cc2N(c2ccc(C4(c5ccc6c(c5)sc5ccccc56)c5ccccc5-c5ccccc54)cc2)c2cc4oc5ccccc5c4cc21)oc1ccccc13. The van der Waals surface area contributed by atoms with Crippen LogP contribution in [0.3, 0.4) is 0 Å². The van der Waals surface area contributed by atoms with Gasteiger partial charge in [-0.3, -0.25) is 0 Å². The number of fused-ring (bicyclic) bond motifs is 14. The van der Waals surface area contributed by atoms with Crippen LogP contribution in [0.4, 0.5) is 17.1 Å². The number of hydrogen-bond donors (Lipinski definition) is 0. The number of rotatable bonds is 3. The van der Waals surface area contributed by atoms with Crippen molar-refractivity contribution in [2.24, 2.45) is 0 Å². The Morgan fingerprint density at radius 3 is 1.50 bits per heavy atom. The highest BCUT2D eigenvalue weighted by Gasteiger charge is 2.46. The normalized spacial score (nSPS) is 14.8. The maximum Gasteiger partial charge on any atom is 0.137 e. The van der Waals surface area contributed by atoms with E-state index in [1.165, 1.54) is 64.7 Å². The predicted octanol–water partition coefficient (Wildman–Crippen LogP) is 16.3. The molecule has 0 N–H and O–H groups in total. The number of benzene rings is 9. The van der Waals surface area contributed by atoms with E-state index in [0.717, 1.165) is 60.9 Å². The molecular formula is C58H37NO2S. The van der Waals surface area contributed by atoms with Crippen LogP contribution in [-0.2, 0) is 10.8 Å². The molecule has 0 unspecified atom stereocenters. The monoisotopic (exact) mass is 811 g/mol. The summed E-state index contributed by atoms with van der Waals surface area (Å²) in [6.45, 7) is 4.72. The highest BCUT2D eigenvalue weighted by Crippen LogP contribution is 2.59. The Hall–Kier alpha value is -7.40. The largest absolute Gasteiger partial charge is 0.456 e. The predicted molar refractivity (Wildman–Crippen MR) is 258 cm³/mol. The van der Waals surface area contributed by atoms with Gasteiger partial charge in [-0.1, -0.05) is 141 Å². The van der Waals surface area contributed by atoms with Gasteiger partial charge in [0, 0.05) is 65.0 Å². The summed E-state index contributed by atoms with van der Waals surface area (Å²) in [6.07, 6.45) is 0. The van der Waals surface area contributed by atoms with E-state index in [1.54, 1.807) is 0 Å². The van der Waals surface area contributed by atoms with Crippen LogP contribution in [0.2, 0.25) is 0 Å². The van der Waals surface area contributed by atoms with Gasteiger partial charge in [-0.2, -0.15) is 0 Å². The second kappa shape index (κ2) is 12.1. The van der Waals surface area contributed by atoms with Gasteiger partial charge in [0.1, 0.15) is 22.3 Å². The fraction of sp³-hybridized carbons (Fsp3) is 0.0690. The Bertz CT molecular complexity index is 3690. The minimum atomic E-state index is -0.531. The molecule has 292 valence electrons. The van der Waals surface area contributed by atoms with Crippen molar-refractivity contribution >= 4 is 92.4 Å². The fourth-order valence-corrected chi connectivity index (χ4v) is 12.4. The molecule has 0 radical (unpaired) electrons. The third kappa shape index (κ3) is 4.39. The standard InChI is InChI=1S/C58H37NO2S/c1-57(2)47-30-43-39-15-5-10-20-51(39)60-53(43)32-49(47)59(50-33-54-44(31-48(50)57)40-16-6-11-21-52(40)61-54)36-26-23-34(24-27-36)58(45-18-8-3-13-37(45)38-14-4-9-19-46(38)58)35-25-28-42-41-17-7-12-22-55(41)62-56(42)29-35/h3-33H,1-2H3. The summed E-state index contributed by atoms with van der Waals surface area (Å²) >= 11 is 1.88. The van der Waals surface area contributed by atoms with E-state index in [2.05, 4.69) is 195 Å². The first-order valence-corrected chi connectivity index (χ1v) is 22.2. The first kappa shape index (κ1) is 34.3. The highest BCUT2D eigenvalue weighted by molar-refractivity contribution is 7.25. The van der Waals surface area contributed by atoms with Crippen LogP contribution < -0.4 is 4.90 Å². The average molecular weight is 812 g/mol. The Morgan fingerprint density at radius 2 is 0.887 bits per heavy atom. The molecule has 0 atom stereocenters. The van der Waals surface area contributed by atoms with Crippen molar-refractivity contribution < 1.29 is 8.83 Å². The van der Waals surface area contributed by atoms with Gasteiger partial charge in [0.25, 0.3) is 0 Å². The van der Waals surface area contributed by atoms with E-state index in [4.69, 9.17) is 8.83 Å². The molecule has 0 saturated carbocycles. The molecule has 3 nitrogen and oxygen atoms in total. The Balaban J connectivity index is 1.02. The van der Waals surface area contributed by atoms with Crippen molar-refractivity contribution in [2.75, 3.05) is 4.90 Å². The molecule has 14 rings (SSSR count). The molecule has 0 fully saturated rings. The summed E-state index contributed by atoms with van der Waals surface area (Å²) in [5.41, 5.74) is 16.2. The maximum atomic E-state index is 6.59. The number of hydrogen-bond acceptors (Lipinski definition) is 4. The first-order chi connectivity index (χ1) is 30.5.